The van der Waals surface area contributed by atoms with Crippen molar-refractivity contribution in [3.8, 4) is 5.75 Å². The number of hydrogen-bond donors (Lipinski definition) is 0. The molecule has 1 amide bonds. The summed E-state index contributed by atoms with van der Waals surface area (Å²) in [5.74, 6) is 0.360. The SMILES string of the molecule is COc1ccccc1C(=O)N(Cc1cccc(F)c1)c1ccccn1. The van der Waals surface area contributed by atoms with Crippen LogP contribution in [0.3, 0.4) is 0 Å². The lowest BCUT2D eigenvalue weighted by Crippen LogP contribution is -2.31. The molecule has 0 radical (unpaired) electrons. The number of pyridine rings is 1. The monoisotopic (exact) mass is 336 g/mol. The van der Waals surface area contributed by atoms with Crippen molar-refractivity contribution in [3.63, 3.8) is 0 Å². The van der Waals surface area contributed by atoms with Crippen molar-refractivity contribution < 1.29 is 13.9 Å². The summed E-state index contributed by atoms with van der Waals surface area (Å²) in [5.41, 5.74) is 1.10. The molecule has 0 saturated heterocycles. The Kier molecular flexibility index (Phi) is 5.04. The predicted molar refractivity (Wildman–Crippen MR) is 94.1 cm³/mol. The Morgan fingerprint density at radius 1 is 1.08 bits per heavy atom. The highest BCUT2D eigenvalue weighted by Crippen LogP contribution is 2.23. The van der Waals surface area contributed by atoms with Gasteiger partial charge in [-0.2, -0.15) is 0 Å². The second kappa shape index (κ2) is 7.57. The molecule has 1 aromatic heterocycles. The van der Waals surface area contributed by atoms with Crippen LogP contribution in [0.15, 0.2) is 72.9 Å². The Labute approximate surface area is 145 Å². The smallest absolute Gasteiger partial charge is 0.263 e. The molecule has 1 heterocycles. The Bertz CT molecular complexity index is 868. The quantitative estimate of drug-likeness (QED) is 0.705. The molecule has 126 valence electrons. The summed E-state index contributed by atoms with van der Waals surface area (Å²) in [6.07, 6.45) is 1.61. The van der Waals surface area contributed by atoms with Gasteiger partial charge in [0.25, 0.3) is 5.91 Å². The molecule has 3 aromatic rings. The zero-order valence-corrected chi connectivity index (χ0v) is 13.7. The van der Waals surface area contributed by atoms with Crippen molar-refractivity contribution in [2.45, 2.75) is 6.54 Å². The number of ether oxygens (including phenoxy) is 1. The number of rotatable bonds is 5. The fraction of sp³-hybridized carbons (Fsp3) is 0.100. The summed E-state index contributed by atoms with van der Waals surface area (Å²) in [6, 6.07) is 18.5. The van der Waals surface area contributed by atoms with E-state index in [1.54, 1.807) is 60.8 Å². The summed E-state index contributed by atoms with van der Waals surface area (Å²) in [4.78, 5) is 18.9. The first-order valence-electron chi connectivity index (χ1n) is 7.79. The lowest BCUT2D eigenvalue weighted by Gasteiger charge is -2.23. The van der Waals surface area contributed by atoms with Crippen molar-refractivity contribution in [1.29, 1.82) is 0 Å². The predicted octanol–water partition coefficient (Wildman–Crippen LogP) is 4.08. The minimum absolute atomic E-state index is 0.200. The highest BCUT2D eigenvalue weighted by molar-refractivity contribution is 6.07. The number of anilines is 1. The van der Waals surface area contributed by atoms with Gasteiger partial charge in [0.2, 0.25) is 0 Å². The molecule has 0 aliphatic rings. The highest BCUT2D eigenvalue weighted by atomic mass is 19.1. The molecule has 0 spiro atoms. The van der Waals surface area contributed by atoms with Gasteiger partial charge in [-0.3, -0.25) is 9.69 Å². The van der Waals surface area contributed by atoms with Gasteiger partial charge < -0.3 is 4.74 Å². The molecular formula is C20H17FN2O2. The van der Waals surface area contributed by atoms with Crippen LogP contribution in [0.1, 0.15) is 15.9 Å². The number of hydrogen-bond acceptors (Lipinski definition) is 3. The Morgan fingerprint density at radius 3 is 2.60 bits per heavy atom. The van der Waals surface area contributed by atoms with Crippen LogP contribution < -0.4 is 9.64 Å². The summed E-state index contributed by atoms with van der Waals surface area (Å²) in [7, 11) is 1.52. The zero-order valence-electron chi connectivity index (χ0n) is 13.7. The number of methoxy groups -OCH3 is 1. The third-order valence-corrected chi connectivity index (χ3v) is 3.74. The number of halogens is 1. The van der Waals surface area contributed by atoms with Crippen LogP contribution in [-0.4, -0.2) is 18.0 Å². The standard InChI is InChI=1S/C20H17FN2O2/c1-25-18-10-3-2-9-17(18)20(24)23(19-11-4-5-12-22-19)14-15-7-6-8-16(21)13-15/h2-13H,14H2,1H3. The summed E-state index contributed by atoms with van der Waals surface area (Å²) in [6.45, 7) is 0.200. The van der Waals surface area contributed by atoms with Crippen LogP contribution in [0.4, 0.5) is 10.2 Å². The maximum Gasteiger partial charge on any atom is 0.263 e. The normalized spacial score (nSPS) is 10.3. The van der Waals surface area contributed by atoms with E-state index in [9.17, 15) is 9.18 Å². The molecule has 5 heteroatoms. The second-order valence-corrected chi connectivity index (χ2v) is 5.41. The first-order valence-corrected chi connectivity index (χ1v) is 7.79. The number of carbonyl (C=O) groups excluding carboxylic acids is 1. The number of nitrogens with zero attached hydrogens (tertiary/aromatic N) is 2. The average molecular weight is 336 g/mol. The second-order valence-electron chi connectivity index (χ2n) is 5.41. The lowest BCUT2D eigenvalue weighted by atomic mass is 10.1. The number of para-hydroxylation sites is 1. The van der Waals surface area contributed by atoms with Crippen LogP contribution in [0.5, 0.6) is 5.75 Å². The number of benzene rings is 2. The van der Waals surface area contributed by atoms with E-state index in [2.05, 4.69) is 4.98 Å². The van der Waals surface area contributed by atoms with Crippen LogP contribution in [0.25, 0.3) is 0 Å². The summed E-state index contributed by atoms with van der Waals surface area (Å²) >= 11 is 0. The van der Waals surface area contributed by atoms with Gasteiger partial charge in [-0.15, -0.1) is 0 Å². The number of carbonyl (C=O) groups is 1. The van der Waals surface area contributed by atoms with Crippen molar-refractivity contribution in [2.75, 3.05) is 12.0 Å². The van der Waals surface area contributed by atoms with E-state index < -0.39 is 0 Å². The van der Waals surface area contributed by atoms with E-state index >= 15 is 0 Å². The molecule has 4 nitrogen and oxygen atoms in total. The van der Waals surface area contributed by atoms with Crippen molar-refractivity contribution >= 4 is 11.7 Å². The van der Waals surface area contributed by atoms with Crippen LogP contribution in [0.2, 0.25) is 0 Å². The molecule has 2 aromatic carbocycles. The third kappa shape index (κ3) is 3.83. The molecular weight excluding hydrogens is 319 g/mol. The Morgan fingerprint density at radius 2 is 1.88 bits per heavy atom. The van der Waals surface area contributed by atoms with Crippen molar-refractivity contribution in [3.05, 3.63) is 89.9 Å². The first kappa shape index (κ1) is 16.6. The maximum atomic E-state index is 13.5. The molecule has 0 unspecified atom stereocenters. The first-order chi connectivity index (χ1) is 12.2. The molecule has 0 aliphatic carbocycles. The van der Waals surface area contributed by atoms with Crippen molar-refractivity contribution in [2.24, 2.45) is 0 Å². The van der Waals surface area contributed by atoms with Crippen LogP contribution in [-0.2, 0) is 6.54 Å². The fourth-order valence-corrected chi connectivity index (χ4v) is 2.55. The molecule has 0 N–H and O–H groups in total. The highest BCUT2D eigenvalue weighted by Gasteiger charge is 2.22. The Hall–Kier alpha value is -3.21. The molecule has 0 fully saturated rings. The number of aromatic nitrogens is 1. The maximum absolute atomic E-state index is 13.5. The van der Waals surface area contributed by atoms with Crippen molar-refractivity contribution in [1.82, 2.24) is 4.98 Å². The molecule has 0 atom stereocenters. The molecule has 25 heavy (non-hydrogen) atoms. The topological polar surface area (TPSA) is 42.4 Å². The van der Waals surface area contributed by atoms with E-state index in [4.69, 9.17) is 4.74 Å². The minimum atomic E-state index is -0.344. The largest absolute Gasteiger partial charge is 0.496 e. The van der Waals surface area contributed by atoms with E-state index in [0.717, 1.165) is 0 Å². The van der Waals surface area contributed by atoms with Gasteiger partial charge in [0.15, 0.2) is 0 Å². The molecule has 0 saturated carbocycles. The minimum Gasteiger partial charge on any atom is -0.496 e. The molecule has 0 aliphatic heterocycles. The van der Waals surface area contributed by atoms with E-state index in [1.807, 2.05) is 0 Å². The molecule has 0 bridgehead atoms. The van der Waals surface area contributed by atoms with Gasteiger partial charge in [-0.05, 0) is 42.0 Å². The van der Waals surface area contributed by atoms with E-state index in [0.29, 0.717) is 22.7 Å². The van der Waals surface area contributed by atoms with Crippen LogP contribution in [0, 0.1) is 5.82 Å². The summed E-state index contributed by atoms with van der Waals surface area (Å²) < 4.78 is 18.8. The third-order valence-electron chi connectivity index (χ3n) is 3.74. The van der Waals surface area contributed by atoms with Gasteiger partial charge >= 0.3 is 0 Å². The Balaban J connectivity index is 2.00. The summed E-state index contributed by atoms with van der Waals surface area (Å²) in [5, 5.41) is 0. The van der Waals surface area contributed by atoms with E-state index in [1.165, 1.54) is 24.1 Å². The van der Waals surface area contributed by atoms with Gasteiger partial charge in [0.1, 0.15) is 17.4 Å². The molecule has 3 rings (SSSR count). The van der Waals surface area contributed by atoms with Crippen LogP contribution >= 0.6 is 0 Å². The lowest BCUT2D eigenvalue weighted by molar-refractivity contribution is 0.0981. The van der Waals surface area contributed by atoms with Gasteiger partial charge in [-0.1, -0.05) is 30.3 Å². The van der Waals surface area contributed by atoms with E-state index in [-0.39, 0.29) is 18.3 Å². The number of amides is 1. The fourth-order valence-electron chi connectivity index (χ4n) is 2.55. The van der Waals surface area contributed by atoms with Gasteiger partial charge in [0.05, 0.1) is 19.2 Å². The van der Waals surface area contributed by atoms with Gasteiger partial charge in [0, 0.05) is 6.20 Å². The average Bonchev–Trinajstić information content (AvgIpc) is 2.66. The van der Waals surface area contributed by atoms with Gasteiger partial charge in [-0.25, -0.2) is 9.37 Å². The zero-order chi connectivity index (χ0) is 17.6.